The van der Waals surface area contributed by atoms with Crippen molar-refractivity contribution in [3.8, 4) is 0 Å². The first-order valence-electron chi connectivity index (χ1n) is 5.17. The average molecular weight is 259 g/mol. The summed E-state index contributed by atoms with van der Waals surface area (Å²) in [6, 6.07) is 5.29. The first-order chi connectivity index (χ1) is 7.69. The molecule has 0 radical (unpaired) electrons. The Kier molecular flexibility index (Phi) is 2.69. The highest BCUT2D eigenvalue weighted by molar-refractivity contribution is 7.18. The van der Waals surface area contributed by atoms with Crippen molar-refractivity contribution in [3.05, 3.63) is 28.8 Å². The van der Waals surface area contributed by atoms with Crippen LogP contribution in [-0.2, 0) is 11.6 Å². The van der Waals surface area contributed by atoms with Crippen molar-refractivity contribution in [2.75, 3.05) is 0 Å². The molecule has 0 aliphatic rings. The van der Waals surface area contributed by atoms with E-state index in [-0.39, 0.29) is 5.41 Å². The van der Waals surface area contributed by atoms with E-state index in [1.54, 1.807) is 12.1 Å². The van der Waals surface area contributed by atoms with Crippen LogP contribution in [-0.4, -0.2) is 4.98 Å². The normalized spacial score (nSPS) is 13.3. The van der Waals surface area contributed by atoms with E-state index in [9.17, 15) is 13.2 Å². The number of aromatic nitrogens is 1. The number of para-hydroxylation sites is 1. The summed E-state index contributed by atoms with van der Waals surface area (Å²) in [5.41, 5.74) is 1.11. The molecule has 0 bridgehead atoms. The number of thiazole rings is 1. The summed E-state index contributed by atoms with van der Waals surface area (Å²) in [5.74, 6) is 0. The molecular weight excluding hydrogens is 247 g/mol. The van der Waals surface area contributed by atoms with Gasteiger partial charge in [-0.3, -0.25) is 0 Å². The van der Waals surface area contributed by atoms with Crippen LogP contribution in [0, 0.1) is 0 Å². The minimum Gasteiger partial charge on any atom is -0.232 e. The van der Waals surface area contributed by atoms with E-state index in [2.05, 4.69) is 4.98 Å². The number of hydrogen-bond donors (Lipinski definition) is 0. The van der Waals surface area contributed by atoms with E-state index < -0.39 is 11.2 Å². The van der Waals surface area contributed by atoms with Gasteiger partial charge in [0.1, 0.15) is 0 Å². The molecule has 2 aromatic rings. The molecule has 1 aromatic heterocycles. The Hall–Kier alpha value is -1.10. The quantitative estimate of drug-likeness (QED) is 0.673. The van der Waals surface area contributed by atoms with Crippen molar-refractivity contribution < 1.29 is 13.2 Å². The van der Waals surface area contributed by atoms with Crippen molar-refractivity contribution in [2.45, 2.75) is 32.4 Å². The van der Waals surface area contributed by atoms with Crippen LogP contribution in [0.2, 0.25) is 0 Å². The summed E-state index contributed by atoms with van der Waals surface area (Å²) in [6.07, 6.45) is -4.36. The van der Waals surface area contributed by atoms with Crippen molar-refractivity contribution in [1.29, 1.82) is 0 Å². The van der Waals surface area contributed by atoms with Crippen LogP contribution in [0.5, 0.6) is 0 Å². The smallest absolute Gasteiger partial charge is 0.232 e. The van der Waals surface area contributed by atoms with E-state index in [0.29, 0.717) is 21.6 Å². The summed E-state index contributed by atoms with van der Waals surface area (Å²) in [7, 11) is 0. The summed E-state index contributed by atoms with van der Waals surface area (Å²) in [5, 5.41) is -0.774. The number of halogens is 3. The summed E-state index contributed by atoms with van der Waals surface area (Å²) >= 11 is 0.698. The van der Waals surface area contributed by atoms with Gasteiger partial charge in [0.15, 0.2) is 5.01 Å². The third-order valence-corrected chi connectivity index (χ3v) is 3.53. The monoisotopic (exact) mass is 259 g/mol. The predicted octanol–water partition coefficient (Wildman–Crippen LogP) is 4.61. The van der Waals surface area contributed by atoms with Gasteiger partial charge in [0.05, 0.1) is 10.2 Å². The van der Waals surface area contributed by atoms with Crippen LogP contribution in [0.1, 0.15) is 31.3 Å². The third kappa shape index (κ3) is 2.29. The minimum absolute atomic E-state index is 0.212. The van der Waals surface area contributed by atoms with E-state index in [0.717, 1.165) is 5.56 Å². The lowest BCUT2D eigenvalue weighted by Crippen LogP contribution is -2.12. The van der Waals surface area contributed by atoms with Crippen molar-refractivity contribution >= 4 is 21.6 Å². The molecule has 0 unspecified atom stereocenters. The lowest BCUT2D eigenvalue weighted by Gasteiger charge is -2.19. The average Bonchev–Trinajstić information content (AvgIpc) is 2.57. The van der Waals surface area contributed by atoms with Crippen molar-refractivity contribution in [1.82, 2.24) is 4.98 Å². The van der Waals surface area contributed by atoms with Gasteiger partial charge in [0, 0.05) is 0 Å². The highest BCUT2D eigenvalue weighted by atomic mass is 32.1. The van der Waals surface area contributed by atoms with E-state index >= 15 is 0 Å². The van der Waals surface area contributed by atoms with Gasteiger partial charge in [-0.25, -0.2) is 4.98 Å². The first-order valence-corrected chi connectivity index (χ1v) is 5.98. The molecule has 0 spiro atoms. The maximum Gasteiger partial charge on any atom is 0.443 e. The molecule has 17 heavy (non-hydrogen) atoms. The standard InChI is InChI=1S/C12H12F3NS/c1-11(2,3)7-5-4-6-8-9(7)16-10(17-8)12(13,14)15/h4-6H,1-3H3. The minimum atomic E-state index is -4.36. The van der Waals surface area contributed by atoms with Gasteiger partial charge in [-0.15, -0.1) is 11.3 Å². The van der Waals surface area contributed by atoms with Gasteiger partial charge < -0.3 is 0 Å². The summed E-state index contributed by atoms with van der Waals surface area (Å²) < 4.78 is 38.4. The molecule has 0 atom stereocenters. The zero-order chi connectivity index (χ0) is 12.8. The summed E-state index contributed by atoms with van der Waals surface area (Å²) in [4.78, 5) is 3.74. The fourth-order valence-corrected chi connectivity index (χ4v) is 2.53. The molecule has 5 heteroatoms. The fourth-order valence-electron chi connectivity index (χ4n) is 1.67. The molecule has 1 nitrogen and oxygen atoms in total. The van der Waals surface area contributed by atoms with E-state index in [1.165, 1.54) is 0 Å². The molecule has 0 N–H and O–H groups in total. The Morgan fingerprint density at radius 3 is 2.29 bits per heavy atom. The maximum absolute atomic E-state index is 12.6. The number of alkyl halides is 3. The largest absolute Gasteiger partial charge is 0.443 e. The molecule has 0 aliphatic carbocycles. The van der Waals surface area contributed by atoms with Gasteiger partial charge in [-0.05, 0) is 17.0 Å². The zero-order valence-electron chi connectivity index (χ0n) is 9.72. The van der Waals surface area contributed by atoms with E-state index in [1.807, 2.05) is 26.8 Å². The van der Waals surface area contributed by atoms with Crippen LogP contribution in [0.25, 0.3) is 10.2 Å². The molecule has 0 amide bonds. The highest BCUT2D eigenvalue weighted by Crippen LogP contribution is 2.38. The summed E-state index contributed by atoms with van der Waals surface area (Å²) in [6.45, 7) is 5.90. The molecule has 0 fully saturated rings. The van der Waals surface area contributed by atoms with Crippen LogP contribution >= 0.6 is 11.3 Å². The maximum atomic E-state index is 12.6. The zero-order valence-corrected chi connectivity index (χ0v) is 10.5. The van der Waals surface area contributed by atoms with Crippen molar-refractivity contribution in [3.63, 3.8) is 0 Å². The van der Waals surface area contributed by atoms with Crippen LogP contribution in [0.15, 0.2) is 18.2 Å². The highest BCUT2D eigenvalue weighted by Gasteiger charge is 2.35. The molecule has 0 saturated carbocycles. The molecule has 92 valence electrons. The van der Waals surface area contributed by atoms with Gasteiger partial charge in [0.25, 0.3) is 0 Å². The van der Waals surface area contributed by atoms with Crippen molar-refractivity contribution in [2.24, 2.45) is 0 Å². The number of benzene rings is 1. The number of nitrogens with zero attached hydrogens (tertiary/aromatic N) is 1. The first kappa shape index (κ1) is 12.4. The topological polar surface area (TPSA) is 12.9 Å². The Morgan fingerprint density at radius 2 is 1.76 bits per heavy atom. The van der Waals surface area contributed by atoms with Crippen LogP contribution < -0.4 is 0 Å². The molecule has 0 aliphatic heterocycles. The molecular formula is C12H12F3NS. The number of hydrogen-bond acceptors (Lipinski definition) is 2. The second-order valence-electron chi connectivity index (χ2n) is 4.92. The second-order valence-corrected chi connectivity index (χ2v) is 5.95. The SMILES string of the molecule is CC(C)(C)c1cccc2sc(C(F)(F)F)nc12. The Balaban J connectivity index is 2.70. The Labute approximate surface area is 101 Å². The van der Waals surface area contributed by atoms with Gasteiger partial charge in [0.2, 0.25) is 0 Å². The molecule has 0 saturated heterocycles. The van der Waals surface area contributed by atoms with Gasteiger partial charge >= 0.3 is 6.18 Å². The Bertz CT molecular complexity index is 549. The Morgan fingerprint density at radius 1 is 1.12 bits per heavy atom. The van der Waals surface area contributed by atoms with Crippen LogP contribution in [0.3, 0.4) is 0 Å². The third-order valence-electron chi connectivity index (χ3n) is 2.47. The van der Waals surface area contributed by atoms with Gasteiger partial charge in [-0.2, -0.15) is 13.2 Å². The lowest BCUT2D eigenvalue weighted by atomic mass is 9.86. The van der Waals surface area contributed by atoms with Crippen LogP contribution in [0.4, 0.5) is 13.2 Å². The molecule has 1 heterocycles. The fraction of sp³-hybridized carbons (Fsp3) is 0.417. The molecule has 2 rings (SSSR count). The van der Waals surface area contributed by atoms with E-state index in [4.69, 9.17) is 0 Å². The van der Waals surface area contributed by atoms with Gasteiger partial charge in [-0.1, -0.05) is 32.9 Å². The number of rotatable bonds is 0. The predicted molar refractivity (Wildman–Crippen MR) is 63.3 cm³/mol. The second kappa shape index (κ2) is 3.70. The lowest BCUT2D eigenvalue weighted by molar-refractivity contribution is -0.137. The number of fused-ring (bicyclic) bond motifs is 1. The molecule has 1 aromatic carbocycles.